The van der Waals surface area contributed by atoms with E-state index < -0.39 is 35.2 Å². The normalized spacial score (nSPS) is 13.3. The molecule has 0 rings (SSSR count). The highest BCUT2D eigenvalue weighted by Gasteiger charge is 2.43. The second-order valence-corrected chi connectivity index (χ2v) is 20.2. The van der Waals surface area contributed by atoms with E-state index in [9.17, 15) is 0 Å². The van der Waals surface area contributed by atoms with E-state index in [2.05, 4.69) is 53.1 Å². The molecule has 0 bridgehead atoms. The van der Waals surface area contributed by atoms with E-state index in [1.165, 1.54) is 38.5 Å². The number of hydrogen-bond acceptors (Lipinski definition) is 3. The van der Waals surface area contributed by atoms with Crippen molar-refractivity contribution in [3.8, 4) is 0 Å². The molecule has 0 N–H and O–H groups in total. The van der Waals surface area contributed by atoms with Gasteiger partial charge in [0.1, 0.15) is 0 Å². The largest absolute Gasteiger partial charge is 0.440 e. The Labute approximate surface area is 151 Å². The first-order valence-corrected chi connectivity index (χ1v) is 20.3. The minimum atomic E-state index is -2.11. The van der Waals surface area contributed by atoms with Crippen LogP contribution >= 0.6 is 0 Å². The molecule has 0 saturated heterocycles. The van der Waals surface area contributed by atoms with E-state index in [0.29, 0.717) is 0 Å². The molecule has 0 heterocycles. The van der Waals surface area contributed by atoms with Gasteiger partial charge in [-0.25, -0.2) is 0 Å². The lowest BCUT2D eigenvalue weighted by Gasteiger charge is -2.40. The average Bonchev–Trinajstić information content (AvgIpc) is 2.36. The lowest BCUT2D eigenvalue weighted by atomic mass is 10.3. The molecular weight excluding hydrogens is 353 g/mol. The Hall–Kier alpha value is 0.748. The Morgan fingerprint density at radius 3 is 1.48 bits per heavy atom. The Balaban J connectivity index is 5.13. The molecule has 3 nitrogen and oxygen atoms in total. The van der Waals surface area contributed by atoms with E-state index in [4.69, 9.17) is 12.3 Å². The Bertz CT molecular complexity index is 289. The molecule has 0 aromatic heterocycles. The van der Waals surface area contributed by atoms with Gasteiger partial charge < -0.3 is 12.3 Å². The van der Waals surface area contributed by atoms with Crippen LogP contribution in [0.15, 0.2) is 0 Å². The SMILES string of the molecule is CCCCC[Si](CCCCC)(O[SiH](C)C)O[Si](C)(C)O[SiH](C)C. The molecule has 0 unspecified atom stereocenters. The first-order chi connectivity index (χ1) is 10.7. The second-order valence-electron chi connectivity index (χ2n) is 7.66. The first kappa shape index (κ1) is 23.7. The summed E-state index contributed by atoms with van der Waals surface area (Å²) in [6.45, 7) is 18.1. The highest BCUT2D eigenvalue weighted by atomic mass is 28.5. The molecule has 0 aromatic rings. The van der Waals surface area contributed by atoms with E-state index in [-0.39, 0.29) is 0 Å². The molecule has 0 spiro atoms. The molecule has 0 amide bonds. The fourth-order valence-electron chi connectivity index (χ4n) is 3.13. The van der Waals surface area contributed by atoms with Crippen LogP contribution < -0.4 is 0 Å². The molecule has 7 heteroatoms. The quantitative estimate of drug-likeness (QED) is 0.286. The third-order valence-corrected chi connectivity index (χ3v) is 17.2. The predicted molar refractivity (Wildman–Crippen MR) is 113 cm³/mol. The van der Waals surface area contributed by atoms with E-state index in [1.807, 2.05) is 0 Å². The summed E-state index contributed by atoms with van der Waals surface area (Å²) in [5.74, 6) is 0. The van der Waals surface area contributed by atoms with Gasteiger partial charge in [-0.05, 0) is 51.4 Å². The van der Waals surface area contributed by atoms with E-state index in [1.54, 1.807) is 0 Å². The maximum absolute atomic E-state index is 6.84. The van der Waals surface area contributed by atoms with Crippen LogP contribution in [0.5, 0.6) is 0 Å². The molecule has 0 fully saturated rings. The van der Waals surface area contributed by atoms with Crippen LogP contribution in [0.25, 0.3) is 0 Å². The van der Waals surface area contributed by atoms with Crippen molar-refractivity contribution in [1.29, 1.82) is 0 Å². The van der Waals surface area contributed by atoms with Crippen LogP contribution in [0.2, 0.25) is 51.4 Å². The molecule has 0 aliphatic carbocycles. The third-order valence-electron chi connectivity index (χ3n) is 3.72. The van der Waals surface area contributed by atoms with Crippen molar-refractivity contribution in [3.05, 3.63) is 0 Å². The molecule has 0 aliphatic rings. The van der Waals surface area contributed by atoms with Gasteiger partial charge in [0, 0.05) is 0 Å². The van der Waals surface area contributed by atoms with Crippen molar-refractivity contribution < 1.29 is 12.3 Å². The third kappa shape index (κ3) is 11.8. The highest BCUT2D eigenvalue weighted by molar-refractivity contribution is 6.85. The minimum absolute atomic E-state index is 1.07. The zero-order valence-corrected chi connectivity index (χ0v) is 21.3. The number of hydrogen-bond donors (Lipinski definition) is 0. The van der Waals surface area contributed by atoms with Crippen LogP contribution in [0.3, 0.4) is 0 Å². The Kier molecular flexibility index (Phi) is 12.6. The average molecular weight is 395 g/mol. The summed E-state index contributed by atoms with van der Waals surface area (Å²) in [5.41, 5.74) is 0. The number of rotatable bonds is 14. The molecule has 0 aliphatic heterocycles. The molecule has 0 aromatic carbocycles. The Morgan fingerprint density at radius 1 is 0.696 bits per heavy atom. The van der Waals surface area contributed by atoms with Crippen molar-refractivity contribution in [2.24, 2.45) is 0 Å². The van der Waals surface area contributed by atoms with E-state index in [0.717, 1.165) is 12.1 Å². The summed E-state index contributed by atoms with van der Waals surface area (Å²) < 4.78 is 19.8. The smallest absolute Gasteiger partial charge is 0.318 e. The van der Waals surface area contributed by atoms with Crippen LogP contribution in [-0.2, 0) is 12.3 Å². The lowest BCUT2D eigenvalue weighted by molar-refractivity contribution is 0.321. The van der Waals surface area contributed by atoms with Crippen molar-refractivity contribution in [2.75, 3.05) is 0 Å². The first-order valence-electron chi connectivity index (χ1n) is 9.72. The van der Waals surface area contributed by atoms with Gasteiger partial charge in [-0.15, -0.1) is 0 Å². The van der Waals surface area contributed by atoms with Crippen molar-refractivity contribution in [3.63, 3.8) is 0 Å². The van der Waals surface area contributed by atoms with Crippen LogP contribution in [0, 0.1) is 0 Å². The Morgan fingerprint density at radius 2 is 1.13 bits per heavy atom. The summed E-state index contributed by atoms with van der Waals surface area (Å²) in [4.78, 5) is 0. The van der Waals surface area contributed by atoms with Crippen LogP contribution in [0.1, 0.15) is 52.4 Å². The molecule has 0 radical (unpaired) electrons. The summed E-state index contributed by atoms with van der Waals surface area (Å²) in [6.07, 6.45) is 7.59. The van der Waals surface area contributed by atoms with Gasteiger partial charge in [0.2, 0.25) is 0 Å². The zero-order valence-electron chi connectivity index (χ0n) is 17.0. The summed E-state index contributed by atoms with van der Waals surface area (Å²) in [6, 6.07) is 2.32. The number of unbranched alkanes of at least 4 members (excludes halogenated alkanes) is 4. The monoisotopic (exact) mass is 394 g/mol. The van der Waals surface area contributed by atoms with Gasteiger partial charge in [-0.1, -0.05) is 52.4 Å². The van der Waals surface area contributed by atoms with Crippen molar-refractivity contribution >= 4 is 35.2 Å². The predicted octanol–water partition coefficient (Wildman–Crippen LogP) is 5.53. The summed E-state index contributed by atoms with van der Waals surface area (Å²) >= 11 is 0. The summed E-state index contributed by atoms with van der Waals surface area (Å²) in [5, 5.41) is 0. The topological polar surface area (TPSA) is 27.7 Å². The standard InChI is InChI=1S/C16H42O3Si4/c1-9-11-13-15-23(18-21(5)6,16-14-12-10-2)19-22(7,8)17-20(3)4/h20-21H,9-16H2,1-8H3. The van der Waals surface area contributed by atoms with Gasteiger partial charge in [-0.2, -0.15) is 0 Å². The van der Waals surface area contributed by atoms with Crippen molar-refractivity contribution in [2.45, 2.75) is 104 Å². The lowest BCUT2D eigenvalue weighted by Crippen LogP contribution is -2.55. The zero-order chi connectivity index (χ0) is 17.9. The summed E-state index contributed by atoms with van der Waals surface area (Å²) in [7, 11) is -6.36. The van der Waals surface area contributed by atoms with Crippen molar-refractivity contribution in [1.82, 2.24) is 0 Å². The highest BCUT2D eigenvalue weighted by Crippen LogP contribution is 2.30. The van der Waals surface area contributed by atoms with Crippen LogP contribution in [0.4, 0.5) is 0 Å². The maximum atomic E-state index is 6.84. The maximum Gasteiger partial charge on any atom is 0.318 e. The molecule has 140 valence electrons. The second kappa shape index (κ2) is 12.2. The molecule has 23 heavy (non-hydrogen) atoms. The van der Waals surface area contributed by atoms with Gasteiger partial charge in [0.15, 0.2) is 18.1 Å². The van der Waals surface area contributed by atoms with Gasteiger partial charge in [-0.3, -0.25) is 0 Å². The van der Waals surface area contributed by atoms with E-state index >= 15 is 0 Å². The molecular formula is C16H42O3Si4. The fraction of sp³-hybridized carbons (Fsp3) is 1.00. The minimum Gasteiger partial charge on any atom is -0.440 e. The molecule has 0 saturated carbocycles. The van der Waals surface area contributed by atoms with Gasteiger partial charge >= 0.3 is 17.1 Å². The fourth-order valence-corrected chi connectivity index (χ4v) is 19.5. The van der Waals surface area contributed by atoms with Crippen LogP contribution in [-0.4, -0.2) is 35.2 Å². The molecule has 0 atom stereocenters. The van der Waals surface area contributed by atoms with Gasteiger partial charge in [0.25, 0.3) is 0 Å². The van der Waals surface area contributed by atoms with Gasteiger partial charge in [0.05, 0.1) is 0 Å².